The van der Waals surface area contributed by atoms with Crippen molar-refractivity contribution < 1.29 is 23.1 Å². The van der Waals surface area contributed by atoms with Crippen LogP contribution in [0.4, 0.5) is 13.2 Å². The van der Waals surface area contributed by atoms with Crippen molar-refractivity contribution in [2.45, 2.75) is 25.1 Å². The van der Waals surface area contributed by atoms with Gasteiger partial charge in [0.1, 0.15) is 0 Å². The Balaban J connectivity index is 2.58. The minimum absolute atomic E-state index is 0.267. The van der Waals surface area contributed by atoms with Gasteiger partial charge in [0.15, 0.2) is 0 Å². The average molecular weight is 257 g/mol. The lowest BCUT2D eigenvalue weighted by Crippen LogP contribution is -2.46. The molecule has 0 amide bonds. The number of aliphatic carboxylic acids is 1. The summed E-state index contributed by atoms with van der Waals surface area (Å²) in [6, 6.07) is -0.267. The highest BCUT2D eigenvalue weighted by atomic mass is 32.2. The molecule has 0 saturated carbocycles. The number of hydrogen-bond donors (Lipinski definition) is 1. The molecule has 1 aliphatic heterocycles. The number of alkyl halides is 3. The van der Waals surface area contributed by atoms with E-state index < -0.39 is 25.2 Å². The lowest BCUT2D eigenvalue weighted by atomic mass is 10.1. The van der Waals surface area contributed by atoms with Crippen LogP contribution in [0.3, 0.4) is 0 Å². The van der Waals surface area contributed by atoms with Crippen molar-refractivity contribution in [1.82, 2.24) is 4.90 Å². The Bertz CT molecular complexity index is 241. The van der Waals surface area contributed by atoms with Crippen molar-refractivity contribution in [3.05, 3.63) is 0 Å². The third-order valence-electron chi connectivity index (χ3n) is 2.37. The maximum absolute atomic E-state index is 12.3. The second-order valence-corrected chi connectivity index (χ2v) is 4.93. The van der Waals surface area contributed by atoms with Crippen molar-refractivity contribution in [2.24, 2.45) is 0 Å². The second-order valence-electron chi connectivity index (χ2n) is 3.78. The van der Waals surface area contributed by atoms with Gasteiger partial charge >= 0.3 is 12.1 Å². The van der Waals surface area contributed by atoms with Crippen LogP contribution in [0, 0.1) is 0 Å². The molecule has 0 bridgehead atoms. The predicted octanol–water partition coefficient (Wildman–Crippen LogP) is 1.83. The van der Waals surface area contributed by atoms with Gasteiger partial charge in [-0.2, -0.15) is 24.9 Å². The summed E-state index contributed by atoms with van der Waals surface area (Å²) in [5, 5.41) is 8.60. The molecule has 1 N–H and O–H groups in total. The summed E-state index contributed by atoms with van der Waals surface area (Å²) in [5.41, 5.74) is 0. The summed E-state index contributed by atoms with van der Waals surface area (Å²) in [6.07, 6.45) is -2.84. The molecule has 1 saturated heterocycles. The number of thioether (sulfide) groups is 1. The maximum atomic E-state index is 12.3. The molecule has 0 radical (unpaired) electrons. The third kappa shape index (κ3) is 5.07. The Labute approximate surface area is 96.0 Å². The minimum Gasteiger partial charge on any atom is -0.480 e. The van der Waals surface area contributed by atoms with E-state index >= 15 is 0 Å². The Morgan fingerprint density at radius 3 is 2.62 bits per heavy atom. The van der Waals surface area contributed by atoms with Gasteiger partial charge < -0.3 is 5.11 Å². The van der Waals surface area contributed by atoms with Gasteiger partial charge in [-0.15, -0.1) is 0 Å². The summed E-state index contributed by atoms with van der Waals surface area (Å²) in [6.45, 7) is -1.67. The molecular weight excluding hydrogens is 243 g/mol. The fraction of sp³-hybridized carbons (Fsp3) is 0.889. The van der Waals surface area contributed by atoms with Gasteiger partial charge in [-0.25, -0.2) is 0 Å². The Morgan fingerprint density at radius 2 is 2.19 bits per heavy atom. The van der Waals surface area contributed by atoms with Crippen LogP contribution in [0.25, 0.3) is 0 Å². The summed E-state index contributed by atoms with van der Waals surface area (Å²) in [4.78, 5) is 11.5. The van der Waals surface area contributed by atoms with Gasteiger partial charge in [0.25, 0.3) is 0 Å². The third-order valence-corrected chi connectivity index (χ3v) is 3.57. The standard InChI is InChI=1S/C9H14F3NO2S/c10-9(11,12)6-13(4-8(14)15)7-2-1-3-16-5-7/h7H,1-6H2,(H,14,15). The van der Waals surface area contributed by atoms with Crippen molar-refractivity contribution in [2.75, 3.05) is 24.6 Å². The highest BCUT2D eigenvalue weighted by Crippen LogP contribution is 2.25. The molecule has 1 unspecified atom stereocenters. The van der Waals surface area contributed by atoms with Crippen molar-refractivity contribution in [1.29, 1.82) is 0 Å². The average Bonchev–Trinajstić information content (AvgIpc) is 2.15. The number of halogens is 3. The van der Waals surface area contributed by atoms with Crippen LogP contribution in [-0.4, -0.2) is 52.8 Å². The molecule has 0 aromatic rings. The minimum atomic E-state index is -4.34. The van der Waals surface area contributed by atoms with Crippen molar-refractivity contribution in [3.8, 4) is 0 Å². The van der Waals surface area contributed by atoms with Crippen LogP contribution in [0.5, 0.6) is 0 Å². The van der Waals surface area contributed by atoms with E-state index in [4.69, 9.17) is 5.11 Å². The van der Waals surface area contributed by atoms with E-state index in [9.17, 15) is 18.0 Å². The van der Waals surface area contributed by atoms with Gasteiger partial charge in [-0.3, -0.25) is 9.69 Å². The molecule has 1 aliphatic rings. The SMILES string of the molecule is O=C(O)CN(CC(F)(F)F)C1CCCSC1. The molecule has 0 aromatic heterocycles. The van der Waals surface area contributed by atoms with E-state index in [1.54, 1.807) is 11.8 Å². The molecule has 1 fully saturated rings. The number of carboxylic acids is 1. The van der Waals surface area contributed by atoms with Crippen LogP contribution < -0.4 is 0 Å². The first-order valence-electron chi connectivity index (χ1n) is 4.99. The zero-order chi connectivity index (χ0) is 12.2. The first-order chi connectivity index (χ1) is 7.38. The van der Waals surface area contributed by atoms with E-state index in [1.165, 1.54) is 0 Å². The summed E-state index contributed by atoms with van der Waals surface area (Å²) >= 11 is 1.58. The molecule has 16 heavy (non-hydrogen) atoms. The number of carboxylic acid groups (broad SMARTS) is 1. The number of hydrogen-bond acceptors (Lipinski definition) is 3. The summed E-state index contributed by atoms with van der Waals surface area (Å²) in [7, 11) is 0. The van der Waals surface area contributed by atoms with E-state index in [0.717, 1.165) is 17.1 Å². The zero-order valence-electron chi connectivity index (χ0n) is 8.66. The molecule has 3 nitrogen and oxygen atoms in total. The molecule has 1 rings (SSSR count). The summed E-state index contributed by atoms with van der Waals surface area (Å²) < 4.78 is 36.8. The van der Waals surface area contributed by atoms with Gasteiger partial charge in [-0.05, 0) is 18.6 Å². The van der Waals surface area contributed by atoms with Crippen LogP contribution in [0.2, 0.25) is 0 Å². The highest BCUT2D eigenvalue weighted by molar-refractivity contribution is 7.99. The van der Waals surface area contributed by atoms with Crippen molar-refractivity contribution in [3.63, 3.8) is 0 Å². The fourth-order valence-electron chi connectivity index (χ4n) is 1.73. The Morgan fingerprint density at radius 1 is 1.50 bits per heavy atom. The highest BCUT2D eigenvalue weighted by Gasteiger charge is 2.35. The molecule has 0 aliphatic carbocycles. The van der Waals surface area contributed by atoms with Gasteiger partial charge in [0, 0.05) is 11.8 Å². The lowest BCUT2D eigenvalue weighted by molar-refractivity contribution is -0.157. The zero-order valence-corrected chi connectivity index (χ0v) is 9.48. The molecule has 7 heteroatoms. The van der Waals surface area contributed by atoms with Gasteiger partial charge in [0.2, 0.25) is 0 Å². The quantitative estimate of drug-likeness (QED) is 0.834. The van der Waals surface area contributed by atoms with Crippen LogP contribution in [0.15, 0.2) is 0 Å². The van der Waals surface area contributed by atoms with Crippen LogP contribution in [0.1, 0.15) is 12.8 Å². The summed E-state index contributed by atoms with van der Waals surface area (Å²) in [5.74, 6) is 0.326. The lowest BCUT2D eigenvalue weighted by Gasteiger charge is -2.33. The van der Waals surface area contributed by atoms with E-state index in [2.05, 4.69) is 0 Å². The van der Waals surface area contributed by atoms with E-state index in [0.29, 0.717) is 12.2 Å². The molecule has 0 aromatic carbocycles. The molecule has 94 valence electrons. The Kier molecular flexibility index (Phi) is 4.91. The van der Waals surface area contributed by atoms with E-state index in [-0.39, 0.29) is 6.04 Å². The monoisotopic (exact) mass is 257 g/mol. The Hall–Kier alpha value is -0.430. The fourth-order valence-corrected chi connectivity index (χ4v) is 2.92. The smallest absolute Gasteiger partial charge is 0.401 e. The molecule has 1 atom stereocenters. The molecule has 1 heterocycles. The van der Waals surface area contributed by atoms with Crippen LogP contribution >= 0.6 is 11.8 Å². The molecular formula is C9H14F3NO2S. The van der Waals surface area contributed by atoms with Gasteiger partial charge in [-0.1, -0.05) is 0 Å². The van der Waals surface area contributed by atoms with Crippen LogP contribution in [-0.2, 0) is 4.79 Å². The maximum Gasteiger partial charge on any atom is 0.401 e. The number of rotatable bonds is 4. The first kappa shape index (κ1) is 13.6. The number of carbonyl (C=O) groups is 1. The number of nitrogens with zero attached hydrogens (tertiary/aromatic N) is 1. The molecule has 0 spiro atoms. The van der Waals surface area contributed by atoms with Crippen molar-refractivity contribution >= 4 is 17.7 Å². The van der Waals surface area contributed by atoms with E-state index in [1.807, 2.05) is 0 Å². The predicted molar refractivity (Wildman–Crippen MR) is 55.6 cm³/mol. The topological polar surface area (TPSA) is 40.5 Å². The first-order valence-corrected chi connectivity index (χ1v) is 6.14. The second kappa shape index (κ2) is 5.77. The largest absolute Gasteiger partial charge is 0.480 e. The normalized spacial score (nSPS) is 22.4. The van der Waals surface area contributed by atoms with Gasteiger partial charge in [0.05, 0.1) is 13.1 Å².